The normalized spacial score (nSPS) is 12.2. The minimum absolute atomic E-state index is 0.0940. The van der Waals surface area contributed by atoms with Crippen LogP contribution in [0, 0.1) is 6.92 Å². The molecule has 174 valence electrons. The van der Waals surface area contributed by atoms with Crippen molar-refractivity contribution < 1.29 is 18.0 Å². The molecule has 0 bridgehead atoms. The van der Waals surface area contributed by atoms with Crippen LogP contribution in [0.25, 0.3) is 0 Å². The summed E-state index contributed by atoms with van der Waals surface area (Å²) >= 11 is 12.2. The Morgan fingerprint density at radius 1 is 1.12 bits per heavy atom. The van der Waals surface area contributed by atoms with Gasteiger partial charge in [-0.05, 0) is 50.1 Å². The number of hydrogen-bond donors (Lipinski definition) is 1. The zero-order chi connectivity index (χ0) is 24.1. The van der Waals surface area contributed by atoms with Gasteiger partial charge in [-0.3, -0.25) is 13.9 Å². The van der Waals surface area contributed by atoms with Crippen LogP contribution in [-0.4, -0.2) is 50.5 Å². The van der Waals surface area contributed by atoms with Gasteiger partial charge in [0.1, 0.15) is 12.6 Å². The Labute approximate surface area is 199 Å². The second-order valence-corrected chi connectivity index (χ2v) is 10.1. The maximum absolute atomic E-state index is 13.4. The highest BCUT2D eigenvalue weighted by atomic mass is 35.5. The zero-order valence-corrected chi connectivity index (χ0v) is 20.8. The van der Waals surface area contributed by atoms with Crippen molar-refractivity contribution in [2.24, 2.45) is 0 Å². The summed E-state index contributed by atoms with van der Waals surface area (Å²) in [5.41, 5.74) is 1.89. The fourth-order valence-corrected chi connectivity index (χ4v) is 4.44. The third-order valence-corrected chi connectivity index (χ3v) is 6.66. The molecule has 32 heavy (non-hydrogen) atoms. The number of likely N-dealkylation sites (N-methyl/N-ethyl adjacent to an activating group) is 1. The Morgan fingerprint density at radius 2 is 1.78 bits per heavy atom. The second-order valence-electron chi connectivity index (χ2n) is 7.38. The predicted octanol–water partition coefficient (Wildman–Crippen LogP) is 3.62. The number of benzene rings is 2. The standard InChI is InChI=1S/C22H27Cl2N3O4S/c1-5-25-22(29)16(3)26(13-17-9-7-6-8-15(17)2)21(28)14-27(32(4,30)31)20-12-18(23)10-11-19(20)24/h6-12,16H,5,13-14H2,1-4H3,(H,25,29). The summed E-state index contributed by atoms with van der Waals surface area (Å²) in [6.07, 6.45) is 0.983. The first kappa shape index (κ1) is 26.0. The monoisotopic (exact) mass is 499 g/mol. The summed E-state index contributed by atoms with van der Waals surface area (Å²) < 4.78 is 26.0. The van der Waals surface area contributed by atoms with Crippen molar-refractivity contribution in [1.82, 2.24) is 10.2 Å². The Morgan fingerprint density at radius 3 is 2.38 bits per heavy atom. The predicted molar refractivity (Wildman–Crippen MR) is 129 cm³/mol. The Kier molecular flexibility index (Phi) is 8.95. The molecule has 2 rings (SSSR count). The Bertz CT molecular complexity index is 1090. The van der Waals surface area contributed by atoms with Gasteiger partial charge in [-0.2, -0.15) is 0 Å². The number of halogens is 2. The van der Waals surface area contributed by atoms with Gasteiger partial charge in [0, 0.05) is 18.1 Å². The quantitative estimate of drug-likeness (QED) is 0.570. The lowest BCUT2D eigenvalue weighted by Gasteiger charge is -2.32. The van der Waals surface area contributed by atoms with Crippen LogP contribution in [0.3, 0.4) is 0 Å². The lowest BCUT2D eigenvalue weighted by atomic mass is 10.1. The van der Waals surface area contributed by atoms with E-state index in [1.54, 1.807) is 13.8 Å². The number of sulfonamides is 1. The van der Waals surface area contributed by atoms with Crippen LogP contribution in [0.4, 0.5) is 5.69 Å². The van der Waals surface area contributed by atoms with Gasteiger partial charge in [-0.15, -0.1) is 0 Å². The summed E-state index contributed by atoms with van der Waals surface area (Å²) in [5.74, 6) is -0.880. The Balaban J connectivity index is 2.45. The molecule has 2 amide bonds. The van der Waals surface area contributed by atoms with E-state index >= 15 is 0 Å². The van der Waals surface area contributed by atoms with Crippen LogP contribution >= 0.6 is 23.2 Å². The van der Waals surface area contributed by atoms with Crippen molar-refractivity contribution >= 4 is 50.7 Å². The molecule has 1 atom stereocenters. The Hall–Kier alpha value is -2.29. The third kappa shape index (κ3) is 6.60. The minimum atomic E-state index is -3.88. The van der Waals surface area contributed by atoms with Crippen molar-refractivity contribution in [3.8, 4) is 0 Å². The van der Waals surface area contributed by atoms with E-state index in [-0.39, 0.29) is 28.2 Å². The van der Waals surface area contributed by atoms with E-state index in [1.165, 1.54) is 23.1 Å². The molecule has 10 heteroatoms. The molecule has 0 spiro atoms. The number of hydrogen-bond acceptors (Lipinski definition) is 4. The van der Waals surface area contributed by atoms with E-state index in [0.29, 0.717) is 6.54 Å². The molecule has 0 saturated carbocycles. The van der Waals surface area contributed by atoms with Crippen molar-refractivity contribution in [3.05, 3.63) is 63.6 Å². The first-order valence-electron chi connectivity index (χ1n) is 10.00. The molecule has 0 heterocycles. The molecule has 1 N–H and O–H groups in total. The maximum Gasteiger partial charge on any atom is 0.244 e. The number of amides is 2. The highest BCUT2D eigenvalue weighted by molar-refractivity contribution is 7.92. The highest BCUT2D eigenvalue weighted by Gasteiger charge is 2.31. The van der Waals surface area contributed by atoms with Crippen molar-refractivity contribution in [1.29, 1.82) is 0 Å². The number of carbonyl (C=O) groups is 2. The summed E-state index contributed by atoms with van der Waals surface area (Å²) in [6, 6.07) is 11.0. The molecule has 2 aromatic rings. The van der Waals surface area contributed by atoms with Gasteiger partial charge in [-0.25, -0.2) is 8.42 Å². The summed E-state index contributed by atoms with van der Waals surface area (Å²) in [4.78, 5) is 27.3. The molecule has 0 aliphatic rings. The van der Waals surface area contributed by atoms with Crippen LogP contribution in [0.2, 0.25) is 10.0 Å². The SMILES string of the molecule is CCNC(=O)C(C)N(Cc1ccccc1C)C(=O)CN(c1cc(Cl)ccc1Cl)S(C)(=O)=O. The van der Waals surface area contributed by atoms with E-state index in [2.05, 4.69) is 5.32 Å². The van der Waals surface area contributed by atoms with Gasteiger partial charge in [0.25, 0.3) is 0 Å². The zero-order valence-electron chi connectivity index (χ0n) is 18.4. The third-order valence-electron chi connectivity index (χ3n) is 4.98. The highest BCUT2D eigenvalue weighted by Crippen LogP contribution is 2.31. The molecular weight excluding hydrogens is 473 g/mol. The number of aryl methyl sites for hydroxylation is 1. The molecule has 0 aliphatic heterocycles. The van der Waals surface area contributed by atoms with Gasteiger partial charge in [-0.1, -0.05) is 47.5 Å². The van der Waals surface area contributed by atoms with Crippen molar-refractivity contribution in [2.45, 2.75) is 33.4 Å². The second kappa shape index (κ2) is 11.0. The number of nitrogens with one attached hydrogen (secondary N) is 1. The van der Waals surface area contributed by atoms with Crippen LogP contribution in [0.5, 0.6) is 0 Å². The molecule has 0 radical (unpaired) electrons. The molecule has 0 saturated heterocycles. The average Bonchev–Trinajstić information content (AvgIpc) is 2.72. The summed E-state index contributed by atoms with van der Waals surface area (Å²) in [6.45, 7) is 5.31. The van der Waals surface area contributed by atoms with Crippen molar-refractivity contribution in [2.75, 3.05) is 23.7 Å². The van der Waals surface area contributed by atoms with Gasteiger partial charge in [0.15, 0.2) is 0 Å². The lowest BCUT2D eigenvalue weighted by molar-refractivity contribution is -0.139. The van der Waals surface area contributed by atoms with Gasteiger partial charge in [0.2, 0.25) is 21.8 Å². The first-order valence-corrected chi connectivity index (χ1v) is 12.6. The largest absolute Gasteiger partial charge is 0.355 e. The summed E-state index contributed by atoms with van der Waals surface area (Å²) in [7, 11) is -3.88. The number of nitrogens with zero attached hydrogens (tertiary/aromatic N) is 2. The minimum Gasteiger partial charge on any atom is -0.355 e. The van der Waals surface area contributed by atoms with E-state index < -0.39 is 28.5 Å². The summed E-state index contributed by atoms with van der Waals surface area (Å²) in [5, 5.41) is 3.12. The molecule has 0 aromatic heterocycles. The number of rotatable bonds is 9. The molecular formula is C22H27Cl2N3O4S. The maximum atomic E-state index is 13.4. The molecule has 0 aliphatic carbocycles. The van der Waals surface area contributed by atoms with E-state index in [1.807, 2.05) is 31.2 Å². The van der Waals surface area contributed by atoms with Crippen LogP contribution < -0.4 is 9.62 Å². The topological polar surface area (TPSA) is 86.8 Å². The van der Waals surface area contributed by atoms with E-state index in [9.17, 15) is 18.0 Å². The first-order chi connectivity index (χ1) is 15.0. The van der Waals surface area contributed by atoms with Gasteiger partial charge < -0.3 is 10.2 Å². The average molecular weight is 500 g/mol. The molecule has 7 nitrogen and oxygen atoms in total. The smallest absolute Gasteiger partial charge is 0.244 e. The fourth-order valence-electron chi connectivity index (χ4n) is 3.15. The van der Waals surface area contributed by atoms with E-state index in [4.69, 9.17) is 23.2 Å². The molecule has 1 unspecified atom stereocenters. The van der Waals surface area contributed by atoms with Crippen LogP contribution in [-0.2, 0) is 26.2 Å². The number of anilines is 1. The fraction of sp³-hybridized carbons (Fsp3) is 0.364. The molecule has 0 fully saturated rings. The van der Waals surface area contributed by atoms with E-state index in [0.717, 1.165) is 21.7 Å². The molecule has 2 aromatic carbocycles. The van der Waals surface area contributed by atoms with Crippen molar-refractivity contribution in [3.63, 3.8) is 0 Å². The number of carbonyl (C=O) groups excluding carboxylic acids is 2. The van der Waals surface area contributed by atoms with Crippen LogP contribution in [0.15, 0.2) is 42.5 Å². The van der Waals surface area contributed by atoms with Gasteiger partial charge >= 0.3 is 0 Å². The van der Waals surface area contributed by atoms with Gasteiger partial charge in [0.05, 0.1) is 17.0 Å². The van der Waals surface area contributed by atoms with Crippen LogP contribution in [0.1, 0.15) is 25.0 Å². The lowest BCUT2D eigenvalue weighted by Crippen LogP contribution is -2.51.